The fraction of sp³-hybridized carbons (Fsp3) is 0.941. The third-order valence-corrected chi connectivity index (χ3v) is 5.52. The van der Waals surface area contributed by atoms with Crippen molar-refractivity contribution in [2.75, 3.05) is 0 Å². The van der Waals surface area contributed by atoms with Crippen LogP contribution in [0.2, 0.25) is 0 Å². The molecular formula is C17H33ClN2O2. The number of alkyl carbamates (subject to hydrolysis) is 1. The van der Waals surface area contributed by atoms with Gasteiger partial charge in [-0.25, -0.2) is 4.79 Å². The van der Waals surface area contributed by atoms with Gasteiger partial charge in [0.25, 0.3) is 0 Å². The Labute approximate surface area is 141 Å². The maximum absolute atomic E-state index is 12.2. The van der Waals surface area contributed by atoms with Gasteiger partial charge >= 0.3 is 6.09 Å². The van der Waals surface area contributed by atoms with E-state index in [0.29, 0.717) is 17.8 Å². The van der Waals surface area contributed by atoms with Crippen LogP contribution in [0.3, 0.4) is 0 Å². The summed E-state index contributed by atoms with van der Waals surface area (Å²) in [4.78, 5) is 12.2. The number of ether oxygens (including phenoxy) is 1. The predicted octanol–water partition coefficient (Wildman–Crippen LogP) is 3.87. The van der Waals surface area contributed by atoms with E-state index in [0.717, 1.165) is 32.1 Å². The van der Waals surface area contributed by atoms with Gasteiger partial charge in [-0.1, -0.05) is 27.2 Å². The van der Waals surface area contributed by atoms with Crippen LogP contribution < -0.4 is 11.1 Å². The lowest BCUT2D eigenvalue weighted by molar-refractivity contribution is 0.00424. The van der Waals surface area contributed by atoms with E-state index in [4.69, 9.17) is 10.5 Å². The molecule has 130 valence electrons. The SMILES string of the molecule is CC(C)[C@@H]1CC[C@@H](C)CC1OC(=O)NC1CCCC1(C)N.Cl. The highest BCUT2D eigenvalue weighted by atomic mass is 35.5. The summed E-state index contributed by atoms with van der Waals surface area (Å²) >= 11 is 0. The zero-order chi connectivity index (χ0) is 15.6. The summed E-state index contributed by atoms with van der Waals surface area (Å²) in [6.07, 6.45) is 6.17. The maximum Gasteiger partial charge on any atom is 0.407 e. The molecule has 0 spiro atoms. The van der Waals surface area contributed by atoms with Crippen molar-refractivity contribution < 1.29 is 9.53 Å². The number of rotatable bonds is 3. The van der Waals surface area contributed by atoms with Gasteiger partial charge in [0.1, 0.15) is 6.10 Å². The average Bonchev–Trinajstić information content (AvgIpc) is 2.68. The Hall–Kier alpha value is -0.480. The van der Waals surface area contributed by atoms with Crippen LogP contribution in [0, 0.1) is 17.8 Å². The van der Waals surface area contributed by atoms with Gasteiger partial charge in [0, 0.05) is 11.6 Å². The number of carbonyl (C=O) groups excluding carboxylic acids is 1. The molecule has 2 rings (SSSR count). The molecule has 5 atom stereocenters. The molecule has 0 aromatic carbocycles. The normalized spacial score (nSPS) is 38.5. The van der Waals surface area contributed by atoms with Crippen LogP contribution in [0.4, 0.5) is 4.79 Å². The van der Waals surface area contributed by atoms with Crippen LogP contribution in [0.25, 0.3) is 0 Å². The molecular weight excluding hydrogens is 300 g/mol. The Morgan fingerprint density at radius 2 is 2.00 bits per heavy atom. The molecule has 0 aliphatic heterocycles. The summed E-state index contributed by atoms with van der Waals surface area (Å²) in [6.45, 7) is 8.72. The standard InChI is InChI=1S/C17H32N2O2.ClH/c1-11(2)13-8-7-12(3)10-14(13)21-16(20)19-15-6-5-9-17(15,4)18;/h11-15H,5-10,18H2,1-4H3,(H,19,20);1H/t12-,13+,14?,15?,17?;/m1./s1. The number of hydrogen-bond donors (Lipinski definition) is 2. The highest BCUT2D eigenvalue weighted by molar-refractivity contribution is 5.85. The molecule has 2 fully saturated rings. The van der Waals surface area contributed by atoms with Gasteiger partial charge in [-0.15, -0.1) is 12.4 Å². The van der Waals surface area contributed by atoms with E-state index in [1.54, 1.807) is 0 Å². The molecule has 2 aliphatic rings. The summed E-state index contributed by atoms with van der Waals surface area (Å²) in [7, 11) is 0. The molecule has 0 aromatic heterocycles. The number of hydrogen-bond acceptors (Lipinski definition) is 3. The van der Waals surface area contributed by atoms with Crippen LogP contribution in [-0.2, 0) is 4.74 Å². The molecule has 4 nitrogen and oxygen atoms in total. The smallest absolute Gasteiger partial charge is 0.407 e. The minimum absolute atomic E-state index is 0. The molecule has 0 heterocycles. The first-order valence-electron chi connectivity index (χ1n) is 8.55. The topological polar surface area (TPSA) is 64.3 Å². The van der Waals surface area contributed by atoms with Crippen LogP contribution in [0.5, 0.6) is 0 Å². The van der Waals surface area contributed by atoms with Gasteiger partial charge in [0.2, 0.25) is 0 Å². The molecule has 0 saturated heterocycles. The van der Waals surface area contributed by atoms with Crippen molar-refractivity contribution in [2.45, 2.75) is 83.9 Å². The van der Waals surface area contributed by atoms with Crippen molar-refractivity contribution in [1.82, 2.24) is 5.32 Å². The van der Waals surface area contributed by atoms with Crippen LogP contribution in [0.1, 0.15) is 66.2 Å². The van der Waals surface area contributed by atoms with Gasteiger partial charge in [-0.2, -0.15) is 0 Å². The van der Waals surface area contributed by atoms with E-state index in [9.17, 15) is 4.79 Å². The largest absolute Gasteiger partial charge is 0.446 e. The summed E-state index contributed by atoms with van der Waals surface area (Å²) in [5.41, 5.74) is 5.94. The molecule has 2 saturated carbocycles. The van der Waals surface area contributed by atoms with E-state index in [2.05, 4.69) is 26.1 Å². The molecule has 22 heavy (non-hydrogen) atoms. The van der Waals surface area contributed by atoms with E-state index < -0.39 is 0 Å². The number of carbonyl (C=O) groups is 1. The van der Waals surface area contributed by atoms with E-state index in [1.165, 1.54) is 6.42 Å². The number of amides is 1. The van der Waals surface area contributed by atoms with Crippen LogP contribution >= 0.6 is 12.4 Å². The Balaban J connectivity index is 0.00000242. The highest BCUT2D eigenvalue weighted by Crippen LogP contribution is 2.35. The lowest BCUT2D eigenvalue weighted by Crippen LogP contribution is -2.53. The van der Waals surface area contributed by atoms with Crippen molar-refractivity contribution >= 4 is 18.5 Å². The molecule has 1 amide bonds. The molecule has 5 heteroatoms. The molecule has 3 N–H and O–H groups in total. The third-order valence-electron chi connectivity index (χ3n) is 5.52. The highest BCUT2D eigenvalue weighted by Gasteiger charge is 2.38. The first-order chi connectivity index (χ1) is 9.79. The summed E-state index contributed by atoms with van der Waals surface area (Å²) in [6, 6.07) is 0.0449. The summed E-state index contributed by atoms with van der Waals surface area (Å²) < 4.78 is 5.79. The number of nitrogens with two attached hydrogens (primary N) is 1. The summed E-state index contributed by atoms with van der Waals surface area (Å²) in [5.74, 6) is 1.69. The van der Waals surface area contributed by atoms with Gasteiger partial charge in [-0.05, 0) is 56.8 Å². The van der Waals surface area contributed by atoms with Gasteiger partial charge < -0.3 is 15.8 Å². The van der Waals surface area contributed by atoms with Crippen molar-refractivity contribution in [1.29, 1.82) is 0 Å². The van der Waals surface area contributed by atoms with Gasteiger partial charge in [0.15, 0.2) is 0 Å². The number of nitrogens with one attached hydrogen (secondary N) is 1. The average molecular weight is 333 g/mol. The molecule has 3 unspecified atom stereocenters. The monoisotopic (exact) mass is 332 g/mol. The van der Waals surface area contributed by atoms with E-state index in [1.807, 2.05) is 6.92 Å². The Morgan fingerprint density at radius 1 is 1.32 bits per heavy atom. The first-order valence-corrected chi connectivity index (χ1v) is 8.55. The molecule has 0 aromatic rings. The second-order valence-electron chi connectivity index (χ2n) is 7.86. The van der Waals surface area contributed by atoms with Gasteiger partial charge in [-0.3, -0.25) is 0 Å². The quantitative estimate of drug-likeness (QED) is 0.824. The van der Waals surface area contributed by atoms with Gasteiger partial charge in [0.05, 0.1) is 0 Å². The van der Waals surface area contributed by atoms with Crippen molar-refractivity contribution in [2.24, 2.45) is 23.5 Å². The number of halogens is 1. The van der Waals surface area contributed by atoms with Crippen molar-refractivity contribution in [3.63, 3.8) is 0 Å². The minimum Gasteiger partial charge on any atom is -0.446 e. The lowest BCUT2D eigenvalue weighted by atomic mass is 9.75. The molecule has 2 aliphatic carbocycles. The van der Waals surface area contributed by atoms with Crippen molar-refractivity contribution in [3.8, 4) is 0 Å². The Kier molecular flexibility index (Phi) is 7.00. The first kappa shape index (κ1) is 19.6. The minimum atomic E-state index is -0.295. The fourth-order valence-electron chi connectivity index (χ4n) is 3.99. The van der Waals surface area contributed by atoms with Crippen molar-refractivity contribution in [3.05, 3.63) is 0 Å². The zero-order valence-electron chi connectivity index (χ0n) is 14.4. The Morgan fingerprint density at radius 3 is 2.55 bits per heavy atom. The van der Waals surface area contributed by atoms with Crippen LogP contribution in [-0.4, -0.2) is 23.8 Å². The van der Waals surface area contributed by atoms with E-state index in [-0.39, 0.29) is 36.2 Å². The predicted molar refractivity (Wildman–Crippen MR) is 92.2 cm³/mol. The molecule has 0 radical (unpaired) electrons. The third kappa shape index (κ3) is 4.76. The lowest BCUT2D eigenvalue weighted by Gasteiger charge is -2.37. The summed E-state index contributed by atoms with van der Waals surface area (Å²) in [5, 5.41) is 3.00. The van der Waals surface area contributed by atoms with E-state index >= 15 is 0 Å². The second kappa shape index (κ2) is 7.87. The fourth-order valence-corrected chi connectivity index (χ4v) is 3.99. The Bertz CT molecular complexity index is 374. The van der Waals surface area contributed by atoms with Crippen LogP contribution in [0.15, 0.2) is 0 Å². The molecule has 0 bridgehead atoms. The zero-order valence-corrected chi connectivity index (χ0v) is 15.2. The maximum atomic E-state index is 12.2. The second-order valence-corrected chi connectivity index (χ2v) is 7.86.